The summed E-state index contributed by atoms with van der Waals surface area (Å²) in [4.78, 5) is 13.7. The van der Waals surface area contributed by atoms with E-state index in [2.05, 4.69) is 0 Å². The molecule has 0 aromatic heterocycles. The van der Waals surface area contributed by atoms with Gasteiger partial charge in [0.2, 0.25) is 5.91 Å². The van der Waals surface area contributed by atoms with E-state index < -0.39 is 29.2 Å². The number of carbonyl (C=O) groups excluding carboxylic acids is 1. The minimum atomic E-state index is -4.49. The van der Waals surface area contributed by atoms with Crippen molar-refractivity contribution < 1.29 is 22.7 Å². The van der Waals surface area contributed by atoms with Crippen molar-refractivity contribution in [2.75, 3.05) is 19.7 Å². The number of morpholine rings is 1. The van der Waals surface area contributed by atoms with E-state index in [9.17, 15) is 18.0 Å². The van der Waals surface area contributed by atoms with E-state index in [1.54, 1.807) is 0 Å². The predicted octanol–water partition coefficient (Wildman–Crippen LogP) is 3.16. The molecule has 1 aliphatic rings. The maximum absolute atomic E-state index is 13.1. The quantitative estimate of drug-likeness (QED) is 0.839. The standard InChI is InChI=1S/C16H17F3N2O2/c1-15(2,10-20)14(22)21-7-8-23-13(9-21)11-5-3-4-6-12(11)16(17,18)19/h3-6,13H,7-9H2,1-2H3/t13-/m1/s1. The number of benzene rings is 1. The zero-order chi connectivity index (χ0) is 17.3. The Morgan fingerprint density at radius 1 is 1.35 bits per heavy atom. The van der Waals surface area contributed by atoms with E-state index in [-0.39, 0.29) is 25.3 Å². The second kappa shape index (κ2) is 6.20. The molecule has 1 amide bonds. The molecule has 0 unspecified atom stereocenters. The molecule has 7 heteroatoms. The van der Waals surface area contributed by atoms with Crippen molar-refractivity contribution in [3.05, 3.63) is 35.4 Å². The van der Waals surface area contributed by atoms with Gasteiger partial charge in [0.25, 0.3) is 0 Å². The first-order chi connectivity index (χ1) is 10.7. The number of halogens is 3. The van der Waals surface area contributed by atoms with Gasteiger partial charge < -0.3 is 9.64 Å². The van der Waals surface area contributed by atoms with Gasteiger partial charge in [0, 0.05) is 6.54 Å². The highest BCUT2D eigenvalue weighted by atomic mass is 19.4. The highest BCUT2D eigenvalue weighted by molar-refractivity contribution is 5.84. The Hall–Kier alpha value is -2.07. The van der Waals surface area contributed by atoms with Crippen molar-refractivity contribution in [1.82, 2.24) is 4.90 Å². The van der Waals surface area contributed by atoms with E-state index >= 15 is 0 Å². The van der Waals surface area contributed by atoms with Crippen LogP contribution >= 0.6 is 0 Å². The average Bonchev–Trinajstić information content (AvgIpc) is 2.53. The SMILES string of the molecule is CC(C)(C#N)C(=O)N1CCO[C@@H](c2ccccc2C(F)(F)F)C1. The largest absolute Gasteiger partial charge is 0.416 e. The Morgan fingerprint density at radius 3 is 2.61 bits per heavy atom. The van der Waals surface area contributed by atoms with Crippen LogP contribution in [0.25, 0.3) is 0 Å². The number of hydrogen-bond acceptors (Lipinski definition) is 3. The van der Waals surface area contributed by atoms with Crippen molar-refractivity contribution in [2.45, 2.75) is 26.1 Å². The van der Waals surface area contributed by atoms with Gasteiger partial charge in [-0.3, -0.25) is 4.79 Å². The van der Waals surface area contributed by atoms with E-state index in [0.29, 0.717) is 0 Å². The normalized spacial score (nSPS) is 19.3. The summed E-state index contributed by atoms with van der Waals surface area (Å²) >= 11 is 0. The fourth-order valence-corrected chi connectivity index (χ4v) is 2.50. The van der Waals surface area contributed by atoms with Gasteiger partial charge >= 0.3 is 6.18 Å². The average molecular weight is 326 g/mol. The van der Waals surface area contributed by atoms with Crippen molar-refractivity contribution in [3.8, 4) is 6.07 Å². The highest BCUT2D eigenvalue weighted by Gasteiger charge is 2.39. The Balaban J connectivity index is 2.27. The Bertz CT molecular complexity index is 635. The lowest BCUT2D eigenvalue weighted by Gasteiger charge is -2.36. The monoisotopic (exact) mass is 326 g/mol. The molecule has 0 spiro atoms. The molecule has 0 saturated carbocycles. The molecule has 1 aromatic rings. The zero-order valence-electron chi connectivity index (χ0n) is 12.9. The molecule has 1 atom stereocenters. The van der Waals surface area contributed by atoms with E-state index in [0.717, 1.165) is 6.07 Å². The van der Waals surface area contributed by atoms with Gasteiger partial charge in [0.15, 0.2) is 0 Å². The topological polar surface area (TPSA) is 53.3 Å². The fraction of sp³-hybridized carbons (Fsp3) is 0.500. The Kier molecular flexibility index (Phi) is 4.66. The van der Waals surface area contributed by atoms with E-state index in [1.165, 1.54) is 36.9 Å². The van der Waals surface area contributed by atoms with E-state index in [4.69, 9.17) is 10.00 Å². The maximum Gasteiger partial charge on any atom is 0.416 e. The summed E-state index contributed by atoms with van der Waals surface area (Å²) in [5.74, 6) is -0.405. The van der Waals surface area contributed by atoms with Gasteiger partial charge in [0.1, 0.15) is 11.5 Å². The summed E-state index contributed by atoms with van der Waals surface area (Å²) in [5.41, 5.74) is -1.98. The number of alkyl halides is 3. The van der Waals surface area contributed by atoms with Crippen LogP contribution in [0.2, 0.25) is 0 Å². The molecule has 0 bridgehead atoms. The first-order valence-corrected chi connectivity index (χ1v) is 7.15. The molecule has 1 aromatic carbocycles. The molecule has 124 valence electrons. The molecule has 1 fully saturated rings. The predicted molar refractivity (Wildman–Crippen MR) is 76.1 cm³/mol. The molecule has 1 aliphatic heterocycles. The van der Waals surface area contributed by atoms with Crippen LogP contribution in [0.3, 0.4) is 0 Å². The third-order valence-corrected chi connectivity index (χ3v) is 3.78. The van der Waals surface area contributed by atoms with Crippen molar-refractivity contribution >= 4 is 5.91 Å². The summed E-state index contributed by atoms with van der Waals surface area (Å²) < 4.78 is 44.8. The molecule has 0 radical (unpaired) electrons. The van der Waals surface area contributed by atoms with Gasteiger partial charge in [-0.25, -0.2) is 0 Å². The van der Waals surface area contributed by atoms with Crippen molar-refractivity contribution in [3.63, 3.8) is 0 Å². The van der Waals surface area contributed by atoms with Crippen LogP contribution in [0.4, 0.5) is 13.2 Å². The molecule has 4 nitrogen and oxygen atoms in total. The zero-order valence-corrected chi connectivity index (χ0v) is 12.9. The van der Waals surface area contributed by atoms with E-state index in [1.807, 2.05) is 6.07 Å². The van der Waals surface area contributed by atoms with Crippen LogP contribution in [0.15, 0.2) is 24.3 Å². The third kappa shape index (κ3) is 3.64. The van der Waals surface area contributed by atoms with Gasteiger partial charge in [-0.05, 0) is 25.5 Å². The molecule has 0 N–H and O–H groups in total. The van der Waals surface area contributed by atoms with Crippen LogP contribution in [0.1, 0.15) is 31.1 Å². The van der Waals surface area contributed by atoms with Crippen LogP contribution in [0, 0.1) is 16.7 Å². The number of nitrogens with zero attached hydrogens (tertiary/aromatic N) is 2. The maximum atomic E-state index is 13.1. The number of rotatable bonds is 2. The lowest BCUT2D eigenvalue weighted by molar-refractivity contribution is -0.147. The fourth-order valence-electron chi connectivity index (χ4n) is 2.50. The lowest BCUT2D eigenvalue weighted by Crippen LogP contribution is -2.47. The number of hydrogen-bond donors (Lipinski definition) is 0. The van der Waals surface area contributed by atoms with Crippen LogP contribution in [-0.2, 0) is 15.7 Å². The van der Waals surface area contributed by atoms with Gasteiger partial charge in [0.05, 0.1) is 24.8 Å². The summed E-state index contributed by atoms with van der Waals surface area (Å²) in [5, 5.41) is 9.05. The highest BCUT2D eigenvalue weighted by Crippen LogP contribution is 2.37. The summed E-state index contributed by atoms with van der Waals surface area (Å²) in [6.07, 6.45) is -5.35. The Labute approximate surface area is 132 Å². The van der Waals surface area contributed by atoms with Crippen LogP contribution in [0.5, 0.6) is 0 Å². The van der Waals surface area contributed by atoms with Gasteiger partial charge in [-0.1, -0.05) is 18.2 Å². The first-order valence-electron chi connectivity index (χ1n) is 7.15. The molecule has 2 rings (SSSR count). The molecule has 1 saturated heterocycles. The second-order valence-corrected chi connectivity index (χ2v) is 5.93. The third-order valence-electron chi connectivity index (χ3n) is 3.78. The van der Waals surface area contributed by atoms with Crippen LogP contribution < -0.4 is 0 Å². The Morgan fingerprint density at radius 2 is 2.00 bits per heavy atom. The first kappa shape index (κ1) is 17.3. The van der Waals surface area contributed by atoms with Crippen molar-refractivity contribution in [1.29, 1.82) is 5.26 Å². The summed E-state index contributed by atoms with van der Waals surface area (Å²) in [6.45, 7) is 3.36. The minimum Gasteiger partial charge on any atom is -0.370 e. The van der Waals surface area contributed by atoms with Gasteiger partial charge in [-0.2, -0.15) is 18.4 Å². The smallest absolute Gasteiger partial charge is 0.370 e. The lowest BCUT2D eigenvalue weighted by atomic mass is 9.92. The molecule has 23 heavy (non-hydrogen) atoms. The summed E-state index contributed by atoms with van der Waals surface area (Å²) in [6, 6.07) is 7.10. The minimum absolute atomic E-state index is 0.00294. The molecular weight excluding hydrogens is 309 g/mol. The van der Waals surface area contributed by atoms with Gasteiger partial charge in [-0.15, -0.1) is 0 Å². The molecular formula is C16H17F3N2O2. The summed E-state index contributed by atoms with van der Waals surface area (Å²) in [7, 11) is 0. The number of carbonyl (C=O) groups is 1. The van der Waals surface area contributed by atoms with Crippen molar-refractivity contribution in [2.24, 2.45) is 5.41 Å². The number of nitriles is 1. The second-order valence-electron chi connectivity index (χ2n) is 5.93. The van der Waals surface area contributed by atoms with Crippen LogP contribution in [-0.4, -0.2) is 30.5 Å². The number of ether oxygens (including phenoxy) is 1. The number of amides is 1. The molecule has 0 aliphatic carbocycles. The molecule has 1 heterocycles.